The molecule has 19 heavy (non-hydrogen) atoms. The molecule has 2 aromatic carbocycles. The number of hydrogen-bond acceptors (Lipinski definition) is 2. The molecule has 0 aromatic heterocycles. The number of hydrogen-bond donors (Lipinski definition) is 0. The van der Waals surface area contributed by atoms with Crippen LogP contribution in [0.5, 0.6) is 0 Å². The Balaban J connectivity index is 2.55. The van der Waals surface area contributed by atoms with Crippen LogP contribution in [0.3, 0.4) is 0 Å². The fourth-order valence-electron chi connectivity index (χ4n) is 2.38. The minimum Gasteiger partial charge on any atom is -0.192 e. The summed E-state index contributed by atoms with van der Waals surface area (Å²) in [4.78, 5) is 0. The molecule has 0 bridgehead atoms. The second-order valence-corrected chi connectivity index (χ2v) is 4.71. The molecule has 0 spiro atoms. The molecular weight excluding hydrogens is 232 g/mol. The first kappa shape index (κ1) is 13.1. The molecule has 94 valence electrons. The highest BCUT2D eigenvalue weighted by molar-refractivity contribution is 5.88. The Morgan fingerprint density at radius 1 is 1.00 bits per heavy atom. The average molecular weight is 248 g/mol. The van der Waals surface area contributed by atoms with Crippen LogP contribution in [0.4, 0.5) is 0 Å². The van der Waals surface area contributed by atoms with E-state index < -0.39 is 0 Å². The Hall–Kier alpha value is -2.32. The Kier molecular flexibility index (Phi) is 4.16. The third-order valence-corrected chi connectivity index (χ3v) is 3.41. The van der Waals surface area contributed by atoms with Crippen molar-refractivity contribution in [2.45, 2.75) is 32.6 Å². The Morgan fingerprint density at radius 3 is 2.47 bits per heavy atom. The van der Waals surface area contributed by atoms with Gasteiger partial charge in [-0.1, -0.05) is 31.9 Å². The lowest BCUT2D eigenvalue weighted by Gasteiger charge is -2.09. The van der Waals surface area contributed by atoms with Gasteiger partial charge in [-0.3, -0.25) is 0 Å². The highest BCUT2D eigenvalue weighted by Crippen LogP contribution is 2.25. The molecule has 2 nitrogen and oxygen atoms in total. The summed E-state index contributed by atoms with van der Waals surface area (Å²) in [7, 11) is 0. The summed E-state index contributed by atoms with van der Waals surface area (Å²) in [6, 6.07) is 14.0. The summed E-state index contributed by atoms with van der Waals surface area (Å²) in [6.45, 7) is 2.17. The molecule has 0 heterocycles. The molecule has 0 radical (unpaired) electrons. The van der Waals surface area contributed by atoms with E-state index >= 15 is 0 Å². The van der Waals surface area contributed by atoms with Crippen LogP contribution in [0, 0.1) is 22.7 Å². The first-order valence-corrected chi connectivity index (χ1v) is 6.66. The molecule has 0 saturated heterocycles. The molecule has 0 aliphatic carbocycles. The number of benzene rings is 2. The standard InChI is InChI=1S/C17H16N2/c1-2-3-4-5-16-15(12-19)9-8-14-7-6-13(11-18)10-17(14)16/h6-10H,2-5H2,1H3. The molecule has 0 amide bonds. The highest BCUT2D eigenvalue weighted by Gasteiger charge is 2.08. The lowest BCUT2D eigenvalue weighted by Crippen LogP contribution is -1.93. The van der Waals surface area contributed by atoms with E-state index in [1.807, 2.05) is 30.3 Å². The molecule has 0 unspecified atom stereocenters. The average Bonchev–Trinajstić information content (AvgIpc) is 2.47. The molecule has 0 aliphatic rings. The van der Waals surface area contributed by atoms with Crippen molar-refractivity contribution in [3.05, 3.63) is 47.0 Å². The van der Waals surface area contributed by atoms with Gasteiger partial charge in [0.2, 0.25) is 0 Å². The zero-order chi connectivity index (χ0) is 13.7. The van der Waals surface area contributed by atoms with Crippen molar-refractivity contribution in [1.29, 1.82) is 10.5 Å². The van der Waals surface area contributed by atoms with Gasteiger partial charge in [0.05, 0.1) is 23.3 Å². The quantitative estimate of drug-likeness (QED) is 0.757. The van der Waals surface area contributed by atoms with Gasteiger partial charge in [-0.2, -0.15) is 10.5 Å². The fraction of sp³-hybridized carbons (Fsp3) is 0.294. The summed E-state index contributed by atoms with van der Waals surface area (Å²) >= 11 is 0. The molecular formula is C17H16N2. The maximum Gasteiger partial charge on any atom is 0.0994 e. The molecule has 2 aromatic rings. The van der Waals surface area contributed by atoms with E-state index in [1.165, 1.54) is 6.42 Å². The molecule has 0 atom stereocenters. The van der Waals surface area contributed by atoms with E-state index in [1.54, 1.807) is 0 Å². The van der Waals surface area contributed by atoms with Crippen molar-refractivity contribution < 1.29 is 0 Å². The molecule has 2 heteroatoms. The minimum atomic E-state index is 0.652. The monoisotopic (exact) mass is 248 g/mol. The highest BCUT2D eigenvalue weighted by atomic mass is 14.3. The predicted octanol–water partition coefficient (Wildman–Crippen LogP) is 4.32. The van der Waals surface area contributed by atoms with Crippen molar-refractivity contribution in [2.24, 2.45) is 0 Å². The van der Waals surface area contributed by atoms with Gasteiger partial charge in [0, 0.05) is 0 Å². The van der Waals surface area contributed by atoms with Crippen molar-refractivity contribution in [1.82, 2.24) is 0 Å². The third-order valence-electron chi connectivity index (χ3n) is 3.41. The van der Waals surface area contributed by atoms with Gasteiger partial charge < -0.3 is 0 Å². The van der Waals surface area contributed by atoms with E-state index in [4.69, 9.17) is 5.26 Å². The summed E-state index contributed by atoms with van der Waals surface area (Å²) in [5.41, 5.74) is 2.48. The van der Waals surface area contributed by atoms with E-state index in [9.17, 15) is 5.26 Å². The molecule has 0 N–H and O–H groups in total. The van der Waals surface area contributed by atoms with Gasteiger partial charge in [-0.25, -0.2) is 0 Å². The van der Waals surface area contributed by atoms with Gasteiger partial charge in [0.25, 0.3) is 0 Å². The fourth-order valence-corrected chi connectivity index (χ4v) is 2.38. The van der Waals surface area contributed by atoms with Gasteiger partial charge in [0.15, 0.2) is 0 Å². The summed E-state index contributed by atoms with van der Waals surface area (Å²) in [6.07, 6.45) is 4.32. The third kappa shape index (κ3) is 2.75. The van der Waals surface area contributed by atoms with Crippen molar-refractivity contribution in [3.63, 3.8) is 0 Å². The SMILES string of the molecule is CCCCCc1c(C#N)ccc2ccc(C#N)cc12. The molecule has 0 saturated carbocycles. The number of fused-ring (bicyclic) bond motifs is 1. The van der Waals surface area contributed by atoms with Crippen molar-refractivity contribution >= 4 is 10.8 Å². The Bertz CT molecular complexity index is 667. The largest absolute Gasteiger partial charge is 0.192 e. The lowest BCUT2D eigenvalue weighted by atomic mass is 9.94. The second kappa shape index (κ2) is 6.03. The molecule has 2 rings (SSSR count). The first-order valence-electron chi connectivity index (χ1n) is 6.66. The van der Waals surface area contributed by atoms with Gasteiger partial charge in [-0.05, 0) is 47.4 Å². The normalized spacial score (nSPS) is 10.1. The first-order chi connectivity index (χ1) is 9.30. The van der Waals surface area contributed by atoms with Crippen LogP contribution in [0.25, 0.3) is 10.8 Å². The minimum absolute atomic E-state index is 0.652. The molecule has 0 fully saturated rings. The van der Waals surface area contributed by atoms with Crippen molar-refractivity contribution in [2.75, 3.05) is 0 Å². The maximum absolute atomic E-state index is 9.25. The van der Waals surface area contributed by atoms with E-state index in [0.717, 1.165) is 41.2 Å². The number of nitrogens with zero attached hydrogens (tertiary/aromatic N) is 2. The van der Waals surface area contributed by atoms with E-state index in [0.29, 0.717) is 5.56 Å². The van der Waals surface area contributed by atoms with Crippen molar-refractivity contribution in [3.8, 4) is 12.1 Å². The van der Waals surface area contributed by atoms with E-state index in [2.05, 4.69) is 19.1 Å². The van der Waals surface area contributed by atoms with Crippen LogP contribution in [0.15, 0.2) is 30.3 Å². The summed E-state index contributed by atoms with van der Waals surface area (Å²) < 4.78 is 0. The maximum atomic E-state index is 9.25. The Labute approximate surface area is 113 Å². The zero-order valence-electron chi connectivity index (χ0n) is 11.1. The predicted molar refractivity (Wildman–Crippen MR) is 76.6 cm³/mol. The van der Waals surface area contributed by atoms with Crippen LogP contribution in [-0.2, 0) is 6.42 Å². The van der Waals surface area contributed by atoms with Crippen LogP contribution in [0.1, 0.15) is 42.9 Å². The van der Waals surface area contributed by atoms with Crippen LogP contribution >= 0.6 is 0 Å². The Morgan fingerprint density at radius 2 is 1.79 bits per heavy atom. The number of nitriles is 2. The number of rotatable bonds is 4. The smallest absolute Gasteiger partial charge is 0.0994 e. The van der Waals surface area contributed by atoms with Gasteiger partial charge in [-0.15, -0.1) is 0 Å². The van der Waals surface area contributed by atoms with Crippen LogP contribution in [-0.4, -0.2) is 0 Å². The second-order valence-electron chi connectivity index (χ2n) is 4.71. The lowest BCUT2D eigenvalue weighted by molar-refractivity contribution is 0.719. The summed E-state index contributed by atoms with van der Waals surface area (Å²) in [5.74, 6) is 0. The zero-order valence-corrected chi connectivity index (χ0v) is 11.1. The van der Waals surface area contributed by atoms with E-state index in [-0.39, 0.29) is 0 Å². The number of aryl methyl sites for hydroxylation is 1. The summed E-state index contributed by atoms with van der Waals surface area (Å²) in [5, 5.41) is 20.4. The van der Waals surface area contributed by atoms with Gasteiger partial charge >= 0.3 is 0 Å². The van der Waals surface area contributed by atoms with Gasteiger partial charge in [0.1, 0.15) is 0 Å². The van der Waals surface area contributed by atoms with Crippen LogP contribution in [0.2, 0.25) is 0 Å². The van der Waals surface area contributed by atoms with Crippen LogP contribution < -0.4 is 0 Å². The number of unbranched alkanes of at least 4 members (excludes halogenated alkanes) is 2. The topological polar surface area (TPSA) is 47.6 Å². The molecule has 0 aliphatic heterocycles.